The summed E-state index contributed by atoms with van der Waals surface area (Å²) in [5.74, 6) is -1.18. The lowest BCUT2D eigenvalue weighted by Gasteiger charge is -2.12. The highest BCUT2D eigenvalue weighted by atomic mass is 32.2. The van der Waals surface area contributed by atoms with Crippen molar-refractivity contribution >= 4 is 29.5 Å². The van der Waals surface area contributed by atoms with E-state index in [2.05, 4.69) is 0 Å². The molecule has 0 N–H and O–H groups in total. The van der Waals surface area contributed by atoms with Gasteiger partial charge in [-0.2, -0.15) is 11.8 Å². The molecular weight excluding hydrogens is 254 g/mol. The number of thioether (sulfide) groups is 1. The molecule has 0 atom stereocenters. The van der Waals surface area contributed by atoms with Gasteiger partial charge in [0, 0.05) is 5.75 Å². The Kier molecular flexibility index (Phi) is 3.66. The number of amides is 2. The van der Waals surface area contributed by atoms with Gasteiger partial charge in [0.2, 0.25) is 0 Å². The summed E-state index contributed by atoms with van der Waals surface area (Å²) in [6.07, 6.45) is 2.02. The van der Waals surface area contributed by atoms with Crippen molar-refractivity contribution in [1.29, 1.82) is 0 Å². The number of hydroxylamine groups is 2. The molecule has 1 aliphatic rings. The Morgan fingerprint density at radius 3 is 2.28 bits per heavy atom. The summed E-state index contributed by atoms with van der Waals surface area (Å²) in [6.45, 7) is 0. The Bertz CT molecular complexity index is 480. The van der Waals surface area contributed by atoms with Crippen LogP contribution in [-0.4, -0.2) is 34.9 Å². The van der Waals surface area contributed by atoms with Crippen molar-refractivity contribution in [2.45, 2.75) is 6.42 Å². The lowest BCUT2D eigenvalue weighted by atomic mass is 10.1. The van der Waals surface area contributed by atoms with Crippen LogP contribution in [0.2, 0.25) is 0 Å². The highest BCUT2D eigenvalue weighted by molar-refractivity contribution is 7.98. The van der Waals surface area contributed by atoms with Gasteiger partial charge in [-0.3, -0.25) is 9.59 Å². The molecule has 1 aromatic rings. The van der Waals surface area contributed by atoms with Crippen molar-refractivity contribution in [1.82, 2.24) is 5.06 Å². The van der Waals surface area contributed by atoms with Gasteiger partial charge in [-0.1, -0.05) is 17.2 Å². The lowest BCUT2D eigenvalue weighted by Crippen LogP contribution is -2.32. The summed E-state index contributed by atoms with van der Waals surface area (Å²) in [7, 11) is 0. The molecule has 0 fully saturated rings. The molecule has 0 saturated heterocycles. The predicted molar refractivity (Wildman–Crippen MR) is 66.0 cm³/mol. The van der Waals surface area contributed by atoms with Gasteiger partial charge in [-0.15, -0.1) is 0 Å². The Balaban J connectivity index is 2.11. The first-order valence-corrected chi connectivity index (χ1v) is 6.72. The van der Waals surface area contributed by atoms with Crippen LogP contribution in [0.15, 0.2) is 24.3 Å². The van der Waals surface area contributed by atoms with Crippen LogP contribution in [0.25, 0.3) is 0 Å². The minimum atomic E-state index is -0.590. The summed E-state index contributed by atoms with van der Waals surface area (Å²) in [6, 6.07) is 6.38. The third-order valence-corrected chi connectivity index (χ3v) is 3.07. The SMILES string of the molecule is CSCCC(=O)ON1C(=O)c2ccccc2C1=O. The van der Waals surface area contributed by atoms with Gasteiger partial charge in [0.05, 0.1) is 17.5 Å². The van der Waals surface area contributed by atoms with E-state index in [0.717, 1.165) is 0 Å². The number of fused-ring (bicyclic) bond motifs is 1. The first-order chi connectivity index (χ1) is 8.65. The topological polar surface area (TPSA) is 63.7 Å². The second-order valence-corrected chi connectivity index (χ2v) is 4.64. The zero-order chi connectivity index (χ0) is 13.1. The highest BCUT2D eigenvalue weighted by Crippen LogP contribution is 2.22. The number of imide groups is 1. The number of carbonyl (C=O) groups is 3. The van der Waals surface area contributed by atoms with E-state index < -0.39 is 17.8 Å². The summed E-state index contributed by atoms with van der Waals surface area (Å²) >= 11 is 1.49. The molecule has 94 valence electrons. The predicted octanol–water partition coefficient (Wildman–Crippen LogP) is 1.49. The zero-order valence-electron chi connectivity index (χ0n) is 9.71. The zero-order valence-corrected chi connectivity index (χ0v) is 10.5. The Hall–Kier alpha value is -1.82. The van der Waals surface area contributed by atoms with Gasteiger partial charge in [0.25, 0.3) is 11.8 Å². The maximum absolute atomic E-state index is 11.8. The molecule has 0 unspecified atom stereocenters. The fraction of sp³-hybridized carbons (Fsp3) is 0.250. The standard InChI is InChI=1S/C12H11NO4S/c1-18-7-6-10(14)17-13-11(15)8-4-2-3-5-9(8)12(13)16/h2-5H,6-7H2,1H3. The first kappa shape index (κ1) is 12.6. The number of carbonyl (C=O) groups excluding carboxylic acids is 3. The Morgan fingerprint density at radius 1 is 1.22 bits per heavy atom. The fourth-order valence-electron chi connectivity index (χ4n) is 1.58. The average molecular weight is 265 g/mol. The number of hydrogen-bond donors (Lipinski definition) is 0. The van der Waals surface area contributed by atoms with Crippen molar-refractivity contribution in [3.8, 4) is 0 Å². The molecule has 2 amide bonds. The molecule has 0 radical (unpaired) electrons. The normalized spacial score (nSPS) is 13.7. The number of benzene rings is 1. The van der Waals surface area contributed by atoms with E-state index in [4.69, 9.17) is 4.84 Å². The van der Waals surface area contributed by atoms with Crippen LogP contribution in [0.3, 0.4) is 0 Å². The molecule has 18 heavy (non-hydrogen) atoms. The van der Waals surface area contributed by atoms with E-state index >= 15 is 0 Å². The minimum Gasteiger partial charge on any atom is -0.330 e. The van der Waals surface area contributed by atoms with Gasteiger partial charge >= 0.3 is 5.97 Å². The summed E-state index contributed by atoms with van der Waals surface area (Å²) in [5, 5.41) is 0.535. The lowest BCUT2D eigenvalue weighted by molar-refractivity contribution is -0.167. The molecular formula is C12H11NO4S. The Morgan fingerprint density at radius 2 is 1.78 bits per heavy atom. The molecule has 0 spiro atoms. The van der Waals surface area contributed by atoms with E-state index in [0.29, 0.717) is 10.8 Å². The monoisotopic (exact) mass is 265 g/mol. The molecule has 1 aromatic carbocycles. The molecule has 0 bridgehead atoms. The van der Waals surface area contributed by atoms with Crippen LogP contribution < -0.4 is 0 Å². The van der Waals surface area contributed by atoms with Crippen LogP contribution >= 0.6 is 11.8 Å². The van der Waals surface area contributed by atoms with Crippen molar-refractivity contribution in [2.24, 2.45) is 0 Å². The van der Waals surface area contributed by atoms with Crippen LogP contribution in [-0.2, 0) is 9.63 Å². The van der Waals surface area contributed by atoms with Crippen LogP contribution in [0.1, 0.15) is 27.1 Å². The van der Waals surface area contributed by atoms with E-state index in [-0.39, 0.29) is 17.5 Å². The summed E-state index contributed by atoms with van der Waals surface area (Å²) in [4.78, 5) is 39.9. The molecule has 1 heterocycles. The van der Waals surface area contributed by atoms with Gasteiger partial charge in [0.1, 0.15) is 0 Å². The van der Waals surface area contributed by atoms with Crippen molar-refractivity contribution in [3.05, 3.63) is 35.4 Å². The molecule has 6 heteroatoms. The fourth-order valence-corrected chi connectivity index (χ4v) is 1.95. The number of hydrogen-bond acceptors (Lipinski definition) is 5. The number of nitrogens with zero attached hydrogens (tertiary/aromatic N) is 1. The molecule has 1 aliphatic heterocycles. The van der Waals surface area contributed by atoms with Crippen molar-refractivity contribution in [2.75, 3.05) is 12.0 Å². The molecule has 2 rings (SSSR count). The molecule has 5 nitrogen and oxygen atoms in total. The van der Waals surface area contributed by atoms with E-state index in [1.807, 2.05) is 6.26 Å². The van der Waals surface area contributed by atoms with Gasteiger partial charge in [0.15, 0.2) is 0 Å². The third kappa shape index (κ3) is 2.24. The second kappa shape index (κ2) is 5.22. The largest absolute Gasteiger partial charge is 0.334 e. The smallest absolute Gasteiger partial charge is 0.330 e. The number of rotatable bonds is 4. The van der Waals surface area contributed by atoms with E-state index in [9.17, 15) is 14.4 Å². The first-order valence-electron chi connectivity index (χ1n) is 5.32. The third-order valence-electron chi connectivity index (χ3n) is 2.46. The average Bonchev–Trinajstić information content (AvgIpc) is 2.62. The minimum absolute atomic E-state index is 0.161. The summed E-state index contributed by atoms with van der Waals surface area (Å²) in [5.41, 5.74) is 0.528. The van der Waals surface area contributed by atoms with Crippen molar-refractivity contribution < 1.29 is 19.2 Å². The van der Waals surface area contributed by atoms with Gasteiger partial charge in [-0.25, -0.2) is 4.79 Å². The molecule has 0 aromatic heterocycles. The maximum atomic E-state index is 11.8. The van der Waals surface area contributed by atoms with Crippen LogP contribution in [0, 0.1) is 0 Å². The second-order valence-electron chi connectivity index (χ2n) is 3.66. The molecule has 0 saturated carbocycles. The quantitative estimate of drug-likeness (QED) is 0.772. The highest BCUT2D eigenvalue weighted by Gasteiger charge is 2.38. The van der Waals surface area contributed by atoms with E-state index in [1.165, 1.54) is 23.9 Å². The van der Waals surface area contributed by atoms with Gasteiger partial charge < -0.3 is 4.84 Å². The van der Waals surface area contributed by atoms with Crippen molar-refractivity contribution in [3.63, 3.8) is 0 Å². The maximum Gasteiger partial charge on any atom is 0.334 e. The summed E-state index contributed by atoms with van der Waals surface area (Å²) < 4.78 is 0. The Labute approximate surface area is 108 Å². The van der Waals surface area contributed by atoms with Crippen LogP contribution in [0.4, 0.5) is 0 Å². The van der Waals surface area contributed by atoms with Crippen LogP contribution in [0.5, 0.6) is 0 Å². The van der Waals surface area contributed by atoms with Gasteiger partial charge in [-0.05, 0) is 18.4 Å². The molecule has 0 aliphatic carbocycles. The van der Waals surface area contributed by atoms with E-state index in [1.54, 1.807) is 12.1 Å².